The Labute approximate surface area is 131 Å². The van der Waals surface area contributed by atoms with Crippen molar-refractivity contribution in [3.05, 3.63) is 52.4 Å². The third kappa shape index (κ3) is 2.26. The Morgan fingerprint density at radius 3 is 2.75 bits per heavy atom. The SMILES string of the molecule is CC(Cl)c1nc2cccnc2n1-c1cc(Cl)ccc1Cl. The Morgan fingerprint density at radius 2 is 2.00 bits per heavy atom. The molecule has 102 valence electrons. The minimum Gasteiger partial charge on any atom is -0.278 e. The summed E-state index contributed by atoms with van der Waals surface area (Å²) in [5.41, 5.74) is 2.20. The van der Waals surface area contributed by atoms with Crippen LogP contribution in [0.5, 0.6) is 0 Å². The highest BCUT2D eigenvalue weighted by atomic mass is 35.5. The van der Waals surface area contributed by atoms with E-state index in [1.165, 1.54) is 0 Å². The topological polar surface area (TPSA) is 30.7 Å². The number of pyridine rings is 1. The van der Waals surface area contributed by atoms with Crippen molar-refractivity contribution < 1.29 is 0 Å². The molecule has 0 radical (unpaired) electrons. The zero-order valence-corrected chi connectivity index (χ0v) is 12.8. The van der Waals surface area contributed by atoms with E-state index in [9.17, 15) is 0 Å². The van der Waals surface area contributed by atoms with Crippen LogP contribution in [0.3, 0.4) is 0 Å². The zero-order chi connectivity index (χ0) is 14.3. The maximum absolute atomic E-state index is 6.29. The first kappa shape index (κ1) is 13.7. The minimum atomic E-state index is -0.278. The molecule has 20 heavy (non-hydrogen) atoms. The van der Waals surface area contributed by atoms with E-state index in [0.29, 0.717) is 21.5 Å². The van der Waals surface area contributed by atoms with Crippen LogP contribution in [-0.4, -0.2) is 14.5 Å². The number of hydrogen-bond donors (Lipinski definition) is 0. The van der Waals surface area contributed by atoms with Crippen LogP contribution in [0.2, 0.25) is 10.0 Å². The molecule has 3 aromatic rings. The molecule has 0 amide bonds. The second-order valence-corrected chi connectivity index (χ2v) is 5.86. The molecule has 1 aromatic carbocycles. The highest BCUT2D eigenvalue weighted by molar-refractivity contribution is 6.34. The summed E-state index contributed by atoms with van der Waals surface area (Å²) in [6, 6.07) is 8.99. The van der Waals surface area contributed by atoms with E-state index in [1.807, 2.05) is 23.6 Å². The van der Waals surface area contributed by atoms with Crippen molar-refractivity contribution in [3.63, 3.8) is 0 Å². The standard InChI is InChI=1S/C14H10Cl3N3/c1-8(15)13-19-11-3-2-6-18-14(11)20(13)12-7-9(16)4-5-10(12)17/h2-8H,1H3. The Morgan fingerprint density at radius 1 is 1.20 bits per heavy atom. The second-order valence-electron chi connectivity index (χ2n) is 4.36. The van der Waals surface area contributed by atoms with Gasteiger partial charge in [0.1, 0.15) is 11.3 Å². The number of imidazole rings is 1. The fourth-order valence-corrected chi connectivity index (χ4v) is 2.61. The monoisotopic (exact) mass is 325 g/mol. The van der Waals surface area contributed by atoms with Gasteiger partial charge in [0.2, 0.25) is 0 Å². The molecule has 1 atom stereocenters. The predicted octanol–water partition coefficient (Wildman–Crippen LogP) is 5.03. The summed E-state index contributed by atoms with van der Waals surface area (Å²) in [5, 5.41) is 0.882. The highest BCUT2D eigenvalue weighted by Crippen LogP contribution is 2.31. The fraction of sp³-hybridized carbons (Fsp3) is 0.143. The van der Waals surface area contributed by atoms with Gasteiger partial charge in [-0.05, 0) is 37.3 Å². The summed E-state index contributed by atoms with van der Waals surface area (Å²) in [5.74, 6) is 0.685. The number of nitrogens with zero attached hydrogens (tertiary/aromatic N) is 3. The maximum atomic E-state index is 6.29. The lowest BCUT2D eigenvalue weighted by Crippen LogP contribution is -2.03. The summed E-state index contributed by atoms with van der Waals surface area (Å²) >= 11 is 18.6. The first-order valence-corrected chi connectivity index (χ1v) is 7.20. The predicted molar refractivity (Wildman–Crippen MR) is 83.2 cm³/mol. The summed E-state index contributed by atoms with van der Waals surface area (Å²) < 4.78 is 1.85. The Kier molecular flexibility index (Phi) is 3.59. The van der Waals surface area contributed by atoms with Crippen LogP contribution in [0.4, 0.5) is 0 Å². The molecule has 0 saturated carbocycles. The van der Waals surface area contributed by atoms with E-state index >= 15 is 0 Å². The van der Waals surface area contributed by atoms with Gasteiger partial charge in [-0.1, -0.05) is 23.2 Å². The van der Waals surface area contributed by atoms with Crippen LogP contribution >= 0.6 is 34.8 Å². The van der Waals surface area contributed by atoms with E-state index in [1.54, 1.807) is 24.4 Å². The van der Waals surface area contributed by atoms with Crippen molar-refractivity contribution >= 4 is 46.0 Å². The molecule has 3 rings (SSSR count). The van der Waals surface area contributed by atoms with E-state index in [2.05, 4.69) is 9.97 Å². The van der Waals surface area contributed by atoms with Crippen LogP contribution in [0, 0.1) is 0 Å². The van der Waals surface area contributed by atoms with Crippen molar-refractivity contribution in [1.82, 2.24) is 14.5 Å². The molecule has 0 fully saturated rings. The van der Waals surface area contributed by atoms with Crippen LogP contribution < -0.4 is 0 Å². The summed E-state index contributed by atoms with van der Waals surface area (Å²) in [6.07, 6.45) is 1.71. The molecule has 1 unspecified atom stereocenters. The van der Waals surface area contributed by atoms with Gasteiger partial charge in [-0.2, -0.15) is 0 Å². The van der Waals surface area contributed by atoms with Gasteiger partial charge in [0.05, 0.1) is 16.1 Å². The minimum absolute atomic E-state index is 0.278. The number of fused-ring (bicyclic) bond motifs is 1. The first-order valence-electron chi connectivity index (χ1n) is 6.01. The van der Waals surface area contributed by atoms with Crippen LogP contribution in [0.15, 0.2) is 36.5 Å². The molecule has 2 heterocycles. The molecule has 0 aliphatic heterocycles. The molecule has 0 spiro atoms. The summed E-state index contributed by atoms with van der Waals surface area (Å²) in [4.78, 5) is 8.90. The molecular weight excluding hydrogens is 317 g/mol. The molecule has 0 bridgehead atoms. The van der Waals surface area contributed by atoms with E-state index in [0.717, 1.165) is 11.2 Å². The Bertz CT molecular complexity index is 780. The van der Waals surface area contributed by atoms with Gasteiger partial charge in [0.15, 0.2) is 5.65 Å². The quantitative estimate of drug-likeness (QED) is 0.619. The number of aromatic nitrogens is 3. The van der Waals surface area contributed by atoms with Gasteiger partial charge in [-0.25, -0.2) is 9.97 Å². The van der Waals surface area contributed by atoms with Gasteiger partial charge in [-0.3, -0.25) is 4.57 Å². The van der Waals surface area contributed by atoms with Crippen molar-refractivity contribution in [2.75, 3.05) is 0 Å². The number of alkyl halides is 1. The number of halogens is 3. The van der Waals surface area contributed by atoms with Crippen molar-refractivity contribution in [3.8, 4) is 5.69 Å². The number of rotatable bonds is 2. The lowest BCUT2D eigenvalue weighted by molar-refractivity contribution is 0.877. The average Bonchev–Trinajstić information content (AvgIpc) is 2.81. The molecule has 3 nitrogen and oxygen atoms in total. The third-order valence-corrected chi connectivity index (χ3v) is 3.70. The van der Waals surface area contributed by atoms with Gasteiger partial charge in [-0.15, -0.1) is 11.6 Å². The highest BCUT2D eigenvalue weighted by Gasteiger charge is 2.18. The molecule has 0 aliphatic rings. The van der Waals surface area contributed by atoms with Gasteiger partial charge in [0.25, 0.3) is 0 Å². The average molecular weight is 327 g/mol. The summed E-state index contributed by atoms with van der Waals surface area (Å²) in [6.45, 7) is 1.86. The van der Waals surface area contributed by atoms with Gasteiger partial charge >= 0.3 is 0 Å². The maximum Gasteiger partial charge on any atom is 0.164 e. The molecular formula is C14H10Cl3N3. The largest absolute Gasteiger partial charge is 0.278 e. The molecule has 2 aromatic heterocycles. The van der Waals surface area contributed by atoms with Crippen molar-refractivity contribution in [2.24, 2.45) is 0 Å². The zero-order valence-electron chi connectivity index (χ0n) is 10.5. The second kappa shape index (κ2) is 5.24. The van der Waals surface area contributed by atoms with Crippen molar-refractivity contribution in [2.45, 2.75) is 12.3 Å². The van der Waals surface area contributed by atoms with Gasteiger partial charge < -0.3 is 0 Å². The lowest BCUT2D eigenvalue weighted by Gasteiger charge is -2.12. The van der Waals surface area contributed by atoms with E-state index < -0.39 is 0 Å². The number of benzene rings is 1. The molecule has 0 aliphatic carbocycles. The van der Waals surface area contributed by atoms with Gasteiger partial charge in [0, 0.05) is 11.2 Å². The van der Waals surface area contributed by atoms with Crippen LogP contribution in [0.25, 0.3) is 16.9 Å². The molecule has 0 saturated heterocycles. The molecule has 6 heteroatoms. The summed E-state index contributed by atoms with van der Waals surface area (Å²) in [7, 11) is 0. The third-order valence-electron chi connectivity index (χ3n) is 2.95. The fourth-order valence-electron chi connectivity index (χ4n) is 2.09. The smallest absolute Gasteiger partial charge is 0.164 e. The first-order chi connectivity index (χ1) is 9.58. The Balaban J connectivity index is 2.39. The van der Waals surface area contributed by atoms with Crippen LogP contribution in [-0.2, 0) is 0 Å². The van der Waals surface area contributed by atoms with Crippen molar-refractivity contribution in [1.29, 1.82) is 0 Å². The van der Waals surface area contributed by atoms with E-state index in [-0.39, 0.29) is 5.38 Å². The normalized spacial score (nSPS) is 12.8. The Hall–Kier alpha value is -1.29. The molecule has 0 N–H and O–H groups in total. The van der Waals surface area contributed by atoms with E-state index in [4.69, 9.17) is 34.8 Å². The van der Waals surface area contributed by atoms with Crippen LogP contribution in [0.1, 0.15) is 18.1 Å². The number of hydrogen-bond acceptors (Lipinski definition) is 2. The lowest BCUT2D eigenvalue weighted by atomic mass is 10.3.